The molecule has 9 heteroatoms. The molecule has 3 aliphatic rings. The van der Waals surface area contributed by atoms with Crippen LogP contribution in [0.1, 0.15) is 23.2 Å². The Kier molecular flexibility index (Phi) is 4.77. The molecule has 1 aromatic heterocycles. The van der Waals surface area contributed by atoms with E-state index in [0.29, 0.717) is 17.8 Å². The van der Waals surface area contributed by atoms with Gasteiger partial charge in [-0.3, -0.25) is 19.8 Å². The molecule has 3 aromatic rings. The Balaban J connectivity index is 1.21. The molecule has 2 aliphatic heterocycles. The lowest BCUT2D eigenvalue weighted by Crippen LogP contribution is -2.35. The van der Waals surface area contributed by atoms with Crippen LogP contribution in [-0.4, -0.2) is 58.9 Å². The molecule has 6 rings (SSSR count). The molecule has 1 saturated heterocycles. The van der Waals surface area contributed by atoms with Gasteiger partial charge in [0, 0.05) is 43.5 Å². The summed E-state index contributed by atoms with van der Waals surface area (Å²) in [6, 6.07) is 11.6. The van der Waals surface area contributed by atoms with Gasteiger partial charge in [-0.2, -0.15) is 5.10 Å². The molecule has 1 amide bonds. The molecule has 1 aliphatic carbocycles. The minimum atomic E-state index is -2.89. The summed E-state index contributed by atoms with van der Waals surface area (Å²) in [7, 11) is 0. The number of aromatic amines is 1. The first kappa shape index (κ1) is 20.4. The van der Waals surface area contributed by atoms with Gasteiger partial charge < -0.3 is 10.1 Å². The zero-order valence-electron chi connectivity index (χ0n) is 17.9. The Morgan fingerprint density at radius 3 is 2.82 bits per heavy atom. The van der Waals surface area contributed by atoms with Crippen LogP contribution in [-0.2, 0) is 22.5 Å². The number of rotatable bonds is 5. The van der Waals surface area contributed by atoms with Crippen molar-refractivity contribution in [2.75, 3.05) is 31.6 Å². The molecular formula is C24H23F2N5O2. The number of aliphatic imine (C=N–C) groups is 1. The number of hydrogen-bond acceptors (Lipinski definition) is 5. The summed E-state index contributed by atoms with van der Waals surface area (Å²) in [6.45, 7) is 4.32. The van der Waals surface area contributed by atoms with E-state index >= 15 is 0 Å². The van der Waals surface area contributed by atoms with Gasteiger partial charge >= 0.3 is 0 Å². The Hall–Kier alpha value is -3.17. The number of fused-ring (bicyclic) bond motifs is 2. The number of H-pyrrole nitrogens is 1. The summed E-state index contributed by atoms with van der Waals surface area (Å²) < 4.78 is 31.9. The van der Waals surface area contributed by atoms with Gasteiger partial charge in [-0.15, -0.1) is 0 Å². The van der Waals surface area contributed by atoms with Crippen LogP contribution in [0.5, 0.6) is 0 Å². The van der Waals surface area contributed by atoms with Crippen molar-refractivity contribution in [3.05, 3.63) is 53.2 Å². The fourth-order valence-electron chi connectivity index (χ4n) is 4.55. The van der Waals surface area contributed by atoms with E-state index in [-0.39, 0.29) is 6.42 Å². The molecule has 1 saturated carbocycles. The summed E-state index contributed by atoms with van der Waals surface area (Å²) in [6.07, 6.45) is 0.276. The van der Waals surface area contributed by atoms with Crippen molar-refractivity contribution in [2.24, 2.45) is 10.9 Å². The van der Waals surface area contributed by atoms with E-state index < -0.39 is 17.7 Å². The number of hydrogen-bond donors (Lipinski definition) is 2. The van der Waals surface area contributed by atoms with Crippen molar-refractivity contribution < 1.29 is 18.3 Å². The van der Waals surface area contributed by atoms with Crippen LogP contribution in [0.3, 0.4) is 0 Å². The smallest absolute Gasteiger partial charge is 0.260 e. The summed E-state index contributed by atoms with van der Waals surface area (Å²) >= 11 is 0. The monoisotopic (exact) mass is 451 g/mol. The van der Waals surface area contributed by atoms with Crippen molar-refractivity contribution in [3.8, 4) is 0 Å². The van der Waals surface area contributed by atoms with Crippen LogP contribution in [0.25, 0.3) is 10.9 Å². The first-order chi connectivity index (χ1) is 16.0. The summed E-state index contributed by atoms with van der Waals surface area (Å²) in [5.41, 5.74) is 6.18. The van der Waals surface area contributed by atoms with Gasteiger partial charge in [-0.05, 0) is 35.4 Å². The Morgan fingerprint density at radius 2 is 2.03 bits per heavy atom. The van der Waals surface area contributed by atoms with Gasteiger partial charge in [0.15, 0.2) is 0 Å². The van der Waals surface area contributed by atoms with Crippen LogP contribution in [0, 0.1) is 5.92 Å². The van der Waals surface area contributed by atoms with Crippen molar-refractivity contribution in [1.82, 2.24) is 15.1 Å². The molecule has 2 fully saturated rings. The Morgan fingerprint density at radius 1 is 1.21 bits per heavy atom. The average molecular weight is 451 g/mol. The van der Waals surface area contributed by atoms with Gasteiger partial charge in [-0.25, -0.2) is 8.78 Å². The molecular weight excluding hydrogens is 428 g/mol. The standard InChI is InChI=1S/C24H23F2N5O2/c25-24(26)12-18(24)23(32)27-16-2-4-20-17(11-16)22(30-29-20)21-10-15-9-14(1-3-19(15)28-21)13-31-5-7-33-8-6-31/h1-4,9,11,18H,5-8,10,12-13H2,(H,27,32)(H,29,30). The lowest BCUT2D eigenvalue weighted by Gasteiger charge is -2.26. The molecule has 0 spiro atoms. The fourth-order valence-corrected chi connectivity index (χ4v) is 4.55. The number of aromatic nitrogens is 2. The maximum atomic E-state index is 13.2. The van der Waals surface area contributed by atoms with E-state index in [1.165, 1.54) is 5.56 Å². The predicted octanol–water partition coefficient (Wildman–Crippen LogP) is 3.67. The first-order valence-corrected chi connectivity index (χ1v) is 11.1. The number of halogens is 2. The first-order valence-electron chi connectivity index (χ1n) is 11.1. The normalized spacial score (nSPS) is 21.6. The molecule has 1 unspecified atom stereocenters. The van der Waals surface area contributed by atoms with Crippen molar-refractivity contribution in [3.63, 3.8) is 0 Å². The van der Waals surface area contributed by atoms with E-state index in [2.05, 4.69) is 38.6 Å². The minimum absolute atomic E-state index is 0.388. The highest BCUT2D eigenvalue weighted by Crippen LogP contribution is 2.49. The molecule has 170 valence electrons. The second-order valence-electron chi connectivity index (χ2n) is 8.93. The molecule has 2 aromatic carbocycles. The number of benzene rings is 2. The Bertz CT molecular complexity index is 1280. The topological polar surface area (TPSA) is 82.6 Å². The van der Waals surface area contributed by atoms with Crippen LogP contribution in [0.15, 0.2) is 41.4 Å². The summed E-state index contributed by atoms with van der Waals surface area (Å²) in [5.74, 6) is -4.78. The van der Waals surface area contributed by atoms with Crippen LogP contribution < -0.4 is 5.32 Å². The number of ether oxygens (including phenoxy) is 1. The average Bonchev–Trinajstić information content (AvgIpc) is 3.13. The summed E-state index contributed by atoms with van der Waals surface area (Å²) in [4.78, 5) is 19.3. The van der Waals surface area contributed by atoms with E-state index in [4.69, 9.17) is 9.73 Å². The molecule has 3 heterocycles. The van der Waals surface area contributed by atoms with Crippen molar-refractivity contribution in [1.29, 1.82) is 0 Å². The Labute approximate surface area is 188 Å². The van der Waals surface area contributed by atoms with Crippen LogP contribution in [0.4, 0.5) is 20.2 Å². The predicted molar refractivity (Wildman–Crippen MR) is 120 cm³/mol. The van der Waals surface area contributed by atoms with Crippen molar-refractivity contribution in [2.45, 2.75) is 25.3 Å². The highest BCUT2D eigenvalue weighted by Gasteiger charge is 2.61. The van der Waals surface area contributed by atoms with Gasteiger partial charge in [0.2, 0.25) is 5.91 Å². The van der Waals surface area contributed by atoms with Gasteiger partial charge in [0.1, 0.15) is 11.6 Å². The van der Waals surface area contributed by atoms with Crippen molar-refractivity contribution >= 4 is 33.9 Å². The third-order valence-electron chi connectivity index (χ3n) is 6.51. The molecule has 0 radical (unpaired) electrons. The highest BCUT2D eigenvalue weighted by atomic mass is 19.3. The number of nitrogens with one attached hydrogen (secondary N) is 2. The number of anilines is 1. The zero-order valence-corrected chi connectivity index (χ0v) is 17.9. The molecule has 1 atom stereocenters. The number of carbonyl (C=O) groups is 1. The lowest BCUT2D eigenvalue weighted by atomic mass is 10.0. The minimum Gasteiger partial charge on any atom is -0.379 e. The van der Waals surface area contributed by atoms with Crippen LogP contribution in [0.2, 0.25) is 0 Å². The molecule has 2 N–H and O–H groups in total. The van der Waals surface area contributed by atoms with Gasteiger partial charge in [-0.1, -0.05) is 12.1 Å². The second kappa shape index (κ2) is 7.71. The van der Waals surface area contributed by atoms with E-state index in [9.17, 15) is 13.6 Å². The summed E-state index contributed by atoms with van der Waals surface area (Å²) in [5, 5.41) is 10.9. The number of morpholine rings is 1. The molecule has 7 nitrogen and oxygen atoms in total. The van der Waals surface area contributed by atoms with E-state index in [0.717, 1.165) is 60.7 Å². The zero-order chi connectivity index (χ0) is 22.6. The quantitative estimate of drug-likeness (QED) is 0.620. The largest absolute Gasteiger partial charge is 0.379 e. The third-order valence-corrected chi connectivity index (χ3v) is 6.51. The maximum Gasteiger partial charge on any atom is 0.260 e. The number of alkyl halides is 2. The van der Waals surface area contributed by atoms with E-state index in [1.807, 2.05) is 0 Å². The van der Waals surface area contributed by atoms with Gasteiger partial charge in [0.05, 0.1) is 30.1 Å². The van der Waals surface area contributed by atoms with Crippen LogP contribution >= 0.6 is 0 Å². The second-order valence-corrected chi connectivity index (χ2v) is 8.93. The number of nitrogens with zero attached hydrogens (tertiary/aromatic N) is 3. The fraction of sp³-hybridized carbons (Fsp3) is 0.375. The molecule has 0 bridgehead atoms. The molecule has 33 heavy (non-hydrogen) atoms. The third kappa shape index (κ3) is 3.91. The SMILES string of the molecule is O=C(Nc1ccc2[nH]nc(C3=Nc4ccc(CN5CCOCC5)cc4C3)c2c1)C1CC1(F)F. The van der Waals surface area contributed by atoms with E-state index in [1.54, 1.807) is 18.2 Å². The maximum absolute atomic E-state index is 13.2. The lowest BCUT2D eigenvalue weighted by molar-refractivity contribution is -0.119. The highest BCUT2D eigenvalue weighted by molar-refractivity contribution is 6.13. The number of carbonyl (C=O) groups excluding carboxylic acids is 1. The van der Waals surface area contributed by atoms with Gasteiger partial charge in [0.25, 0.3) is 5.92 Å². The number of amides is 1.